The number of nitrogens with one attached hydrogen (secondary N) is 1. The molecular weight excluding hydrogens is 262 g/mol. The maximum absolute atomic E-state index is 6.21. The highest BCUT2D eigenvalue weighted by Crippen LogP contribution is 2.44. The predicted octanol–water partition coefficient (Wildman–Crippen LogP) is 4.38. The average Bonchev–Trinajstić information content (AvgIpc) is 2.91. The molecule has 114 valence electrons. The van der Waals surface area contributed by atoms with Gasteiger partial charge in [-0.1, -0.05) is 32.9 Å². The first-order valence-electron chi connectivity index (χ1n) is 7.90. The Morgan fingerprint density at radius 2 is 2.05 bits per heavy atom. The van der Waals surface area contributed by atoms with Gasteiger partial charge in [0, 0.05) is 22.9 Å². The van der Waals surface area contributed by atoms with Crippen LogP contribution in [0.15, 0.2) is 16.5 Å². The topological polar surface area (TPSA) is 34.4 Å². The molecule has 0 aliphatic carbocycles. The third-order valence-electron chi connectivity index (χ3n) is 4.12. The van der Waals surface area contributed by atoms with Gasteiger partial charge in [0.15, 0.2) is 11.3 Å². The fraction of sp³-hybridized carbons (Fsp3) is 0.556. The van der Waals surface area contributed by atoms with Gasteiger partial charge in [-0.2, -0.15) is 0 Å². The Labute approximate surface area is 126 Å². The quantitative estimate of drug-likeness (QED) is 0.906. The van der Waals surface area contributed by atoms with E-state index in [-0.39, 0.29) is 5.60 Å². The van der Waals surface area contributed by atoms with Crippen molar-refractivity contribution in [3.8, 4) is 5.75 Å². The zero-order valence-electron chi connectivity index (χ0n) is 13.7. The number of furan rings is 1. The van der Waals surface area contributed by atoms with Gasteiger partial charge in [0.1, 0.15) is 11.4 Å². The van der Waals surface area contributed by atoms with E-state index in [0.717, 1.165) is 36.6 Å². The molecule has 1 aliphatic rings. The molecule has 3 heteroatoms. The molecule has 3 rings (SSSR count). The van der Waals surface area contributed by atoms with Gasteiger partial charge in [-0.3, -0.25) is 0 Å². The first-order chi connectivity index (χ1) is 9.93. The normalized spacial score (nSPS) is 16.5. The lowest BCUT2D eigenvalue weighted by Gasteiger charge is -2.16. The Balaban J connectivity index is 2.16. The molecule has 1 aromatic heterocycles. The molecule has 0 saturated heterocycles. The van der Waals surface area contributed by atoms with Crippen LogP contribution < -0.4 is 10.1 Å². The molecule has 0 fully saturated rings. The summed E-state index contributed by atoms with van der Waals surface area (Å²) < 4.78 is 12.4. The SMILES string of the molecule is CCNCc1oc2c3c(ccc2c1C(C)C)CC(C)(C)O3. The minimum atomic E-state index is -0.136. The molecule has 1 aromatic carbocycles. The number of benzene rings is 1. The zero-order valence-corrected chi connectivity index (χ0v) is 13.7. The summed E-state index contributed by atoms with van der Waals surface area (Å²) in [6.45, 7) is 12.5. The van der Waals surface area contributed by atoms with E-state index in [2.05, 4.69) is 52.1 Å². The van der Waals surface area contributed by atoms with Crippen molar-refractivity contribution in [1.29, 1.82) is 0 Å². The molecule has 0 unspecified atom stereocenters. The largest absolute Gasteiger partial charge is 0.483 e. The molecular formula is C18H25NO2. The molecule has 0 saturated carbocycles. The van der Waals surface area contributed by atoms with E-state index in [1.807, 2.05) is 0 Å². The smallest absolute Gasteiger partial charge is 0.176 e. The van der Waals surface area contributed by atoms with Gasteiger partial charge in [-0.25, -0.2) is 0 Å². The number of hydrogen-bond donors (Lipinski definition) is 1. The summed E-state index contributed by atoms with van der Waals surface area (Å²) in [5, 5.41) is 4.57. The second-order valence-electron chi connectivity index (χ2n) is 6.84. The summed E-state index contributed by atoms with van der Waals surface area (Å²) in [7, 11) is 0. The Morgan fingerprint density at radius 1 is 1.29 bits per heavy atom. The lowest BCUT2D eigenvalue weighted by molar-refractivity contribution is 0.138. The first kappa shape index (κ1) is 14.5. The molecule has 1 N–H and O–H groups in total. The summed E-state index contributed by atoms with van der Waals surface area (Å²) in [5.74, 6) is 2.43. The van der Waals surface area contributed by atoms with Crippen LogP contribution in [0.25, 0.3) is 11.0 Å². The molecule has 21 heavy (non-hydrogen) atoms. The maximum Gasteiger partial charge on any atom is 0.176 e. The molecule has 0 amide bonds. The van der Waals surface area contributed by atoms with E-state index in [1.54, 1.807) is 0 Å². The van der Waals surface area contributed by atoms with E-state index >= 15 is 0 Å². The third kappa shape index (κ3) is 2.44. The van der Waals surface area contributed by atoms with Crippen LogP contribution in [0.1, 0.15) is 57.4 Å². The van der Waals surface area contributed by atoms with Gasteiger partial charge in [0.2, 0.25) is 0 Å². The predicted molar refractivity (Wildman–Crippen MR) is 86.1 cm³/mol. The Bertz CT molecular complexity index is 667. The van der Waals surface area contributed by atoms with Gasteiger partial charge in [0.25, 0.3) is 0 Å². The molecule has 2 heterocycles. The standard InChI is InChI=1S/C18H25NO2/c1-6-19-10-14-15(11(2)3)13-8-7-12-9-18(4,5)21-16(12)17(13)20-14/h7-8,11,19H,6,9-10H2,1-5H3. The Kier molecular flexibility index (Phi) is 3.48. The molecule has 0 atom stereocenters. The second kappa shape index (κ2) is 5.06. The van der Waals surface area contributed by atoms with Crippen LogP contribution in [-0.2, 0) is 13.0 Å². The minimum Gasteiger partial charge on any atom is -0.483 e. The lowest BCUT2D eigenvalue weighted by atomic mass is 9.97. The van der Waals surface area contributed by atoms with Crippen molar-refractivity contribution in [1.82, 2.24) is 5.32 Å². The van der Waals surface area contributed by atoms with Crippen molar-refractivity contribution in [3.63, 3.8) is 0 Å². The van der Waals surface area contributed by atoms with Crippen molar-refractivity contribution in [3.05, 3.63) is 29.0 Å². The summed E-state index contributed by atoms with van der Waals surface area (Å²) in [6.07, 6.45) is 0.943. The minimum absolute atomic E-state index is 0.136. The average molecular weight is 287 g/mol. The van der Waals surface area contributed by atoms with Crippen molar-refractivity contribution in [2.24, 2.45) is 0 Å². The van der Waals surface area contributed by atoms with Gasteiger partial charge >= 0.3 is 0 Å². The number of fused-ring (bicyclic) bond motifs is 3. The van der Waals surface area contributed by atoms with Crippen LogP contribution in [0.2, 0.25) is 0 Å². The van der Waals surface area contributed by atoms with E-state index in [0.29, 0.717) is 5.92 Å². The molecule has 0 bridgehead atoms. The Morgan fingerprint density at radius 3 is 2.71 bits per heavy atom. The van der Waals surface area contributed by atoms with Gasteiger partial charge in [-0.15, -0.1) is 0 Å². The summed E-state index contributed by atoms with van der Waals surface area (Å²) >= 11 is 0. The van der Waals surface area contributed by atoms with E-state index in [1.165, 1.54) is 16.5 Å². The molecule has 1 aliphatic heterocycles. The van der Waals surface area contributed by atoms with Crippen LogP contribution in [0.4, 0.5) is 0 Å². The highest BCUT2D eigenvalue weighted by Gasteiger charge is 2.33. The monoisotopic (exact) mass is 287 g/mol. The first-order valence-corrected chi connectivity index (χ1v) is 7.90. The van der Waals surface area contributed by atoms with E-state index < -0.39 is 0 Å². The fourth-order valence-electron chi connectivity index (χ4n) is 3.27. The Hall–Kier alpha value is -1.48. The van der Waals surface area contributed by atoms with Gasteiger partial charge < -0.3 is 14.5 Å². The number of ether oxygens (including phenoxy) is 1. The zero-order chi connectivity index (χ0) is 15.2. The fourth-order valence-corrected chi connectivity index (χ4v) is 3.27. The van der Waals surface area contributed by atoms with Crippen molar-refractivity contribution in [2.45, 2.75) is 59.1 Å². The number of rotatable bonds is 4. The van der Waals surface area contributed by atoms with Gasteiger partial charge in [-0.05, 0) is 26.3 Å². The molecule has 3 nitrogen and oxygen atoms in total. The highest BCUT2D eigenvalue weighted by molar-refractivity contribution is 5.89. The number of hydrogen-bond acceptors (Lipinski definition) is 3. The maximum atomic E-state index is 6.21. The van der Waals surface area contributed by atoms with E-state index in [4.69, 9.17) is 9.15 Å². The van der Waals surface area contributed by atoms with Crippen LogP contribution in [0.5, 0.6) is 5.75 Å². The second-order valence-corrected chi connectivity index (χ2v) is 6.84. The summed E-state index contributed by atoms with van der Waals surface area (Å²) in [6, 6.07) is 4.40. The van der Waals surface area contributed by atoms with Crippen molar-refractivity contribution in [2.75, 3.05) is 6.54 Å². The van der Waals surface area contributed by atoms with E-state index in [9.17, 15) is 0 Å². The summed E-state index contributed by atoms with van der Waals surface area (Å²) in [4.78, 5) is 0. The van der Waals surface area contributed by atoms with Gasteiger partial charge in [0.05, 0.1) is 6.54 Å². The van der Waals surface area contributed by atoms with Crippen LogP contribution >= 0.6 is 0 Å². The van der Waals surface area contributed by atoms with Crippen LogP contribution in [-0.4, -0.2) is 12.1 Å². The molecule has 2 aromatic rings. The highest BCUT2D eigenvalue weighted by atomic mass is 16.5. The molecule has 0 radical (unpaired) electrons. The van der Waals surface area contributed by atoms with Crippen LogP contribution in [0.3, 0.4) is 0 Å². The van der Waals surface area contributed by atoms with Crippen molar-refractivity contribution >= 4 is 11.0 Å². The summed E-state index contributed by atoms with van der Waals surface area (Å²) in [5.41, 5.74) is 3.35. The molecule has 0 spiro atoms. The van der Waals surface area contributed by atoms with Crippen LogP contribution in [0, 0.1) is 0 Å². The van der Waals surface area contributed by atoms with Crippen molar-refractivity contribution < 1.29 is 9.15 Å². The third-order valence-corrected chi connectivity index (χ3v) is 4.12. The lowest BCUT2D eigenvalue weighted by Crippen LogP contribution is -2.24.